The molecule has 6 heteroatoms. The van der Waals surface area contributed by atoms with Gasteiger partial charge in [-0.15, -0.1) is 11.3 Å². The SMILES string of the molecule is CC(C)OC1C[C@@H](n2ccc3ccsc3c2=S)O[C@@H]1COC(C)(C)C. The fraction of sp³-hybridized carbons (Fsp3) is 0.632. The van der Waals surface area contributed by atoms with Crippen molar-refractivity contribution in [2.45, 2.75) is 71.2 Å². The van der Waals surface area contributed by atoms with E-state index in [9.17, 15) is 0 Å². The van der Waals surface area contributed by atoms with Crippen LogP contribution in [0.4, 0.5) is 0 Å². The van der Waals surface area contributed by atoms with E-state index < -0.39 is 0 Å². The van der Waals surface area contributed by atoms with E-state index in [0.29, 0.717) is 6.61 Å². The summed E-state index contributed by atoms with van der Waals surface area (Å²) in [5.74, 6) is 0. The van der Waals surface area contributed by atoms with Crippen molar-refractivity contribution in [2.75, 3.05) is 6.61 Å². The van der Waals surface area contributed by atoms with Gasteiger partial charge in [-0.2, -0.15) is 0 Å². The molecule has 3 atom stereocenters. The number of rotatable bonds is 5. The van der Waals surface area contributed by atoms with Crippen LogP contribution in [-0.2, 0) is 14.2 Å². The van der Waals surface area contributed by atoms with E-state index in [2.05, 4.69) is 56.7 Å². The predicted molar refractivity (Wildman–Crippen MR) is 105 cm³/mol. The van der Waals surface area contributed by atoms with Gasteiger partial charge in [0, 0.05) is 12.6 Å². The first kappa shape index (κ1) is 19.0. The van der Waals surface area contributed by atoms with Crippen molar-refractivity contribution in [3.63, 3.8) is 0 Å². The summed E-state index contributed by atoms with van der Waals surface area (Å²) in [7, 11) is 0. The lowest BCUT2D eigenvalue weighted by atomic mass is 10.1. The Labute approximate surface area is 158 Å². The number of pyridine rings is 1. The van der Waals surface area contributed by atoms with Crippen LogP contribution in [0.25, 0.3) is 10.1 Å². The molecule has 0 aliphatic carbocycles. The maximum atomic E-state index is 6.31. The monoisotopic (exact) mass is 381 g/mol. The zero-order valence-corrected chi connectivity index (χ0v) is 17.2. The second-order valence-corrected chi connectivity index (χ2v) is 9.05. The van der Waals surface area contributed by atoms with Gasteiger partial charge in [-0.05, 0) is 57.5 Å². The van der Waals surface area contributed by atoms with E-state index >= 15 is 0 Å². The molecule has 1 saturated heterocycles. The molecular weight excluding hydrogens is 354 g/mol. The molecule has 3 rings (SSSR count). The Morgan fingerprint density at radius 2 is 2.12 bits per heavy atom. The zero-order valence-electron chi connectivity index (χ0n) is 15.5. The van der Waals surface area contributed by atoms with E-state index in [1.165, 1.54) is 5.39 Å². The van der Waals surface area contributed by atoms with Crippen LogP contribution in [0.1, 0.15) is 47.3 Å². The van der Waals surface area contributed by atoms with Crippen molar-refractivity contribution in [1.29, 1.82) is 0 Å². The van der Waals surface area contributed by atoms with Gasteiger partial charge in [0.25, 0.3) is 0 Å². The van der Waals surface area contributed by atoms with Crippen LogP contribution in [0.5, 0.6) is 0 Å². The Kier molecular flexibility index (Phi) is 5.66. The molecular formula is C19H27NO3S2. The average Bonchev–Trinajstić information content (AvgIpc) is 3.11. The lowest BCUT2D eigenvalue weighted by Crippen LogP contribution is -2.34. The molecule has 0 spiro atoms. The van der Waals surface area contributed by atoms with Crippen molar-refractivity contribution < 1.29 is 14.2 Å². The van der Waals surface area contributed by atoms with Gasteiger partial charge in [0.15, 0.2) is 0 Å². The molecule has 1 fully saturated rings. The molecule has 25 heavy (non-hydrogen) atoms. The van der Waals surface area contributed by atoms with Crippen molar-refractivity contribution in [1.82, 2.24) is 4.57 Å². The first-order valence-electron chi connectivity index (χ1n) is 8.78. The number of aromatic nitrogens is 1. The van der Waals surface area contributed by atoms with Crippen LogP contribution >= 0.6 is 23.6 Å². The highest BCUT2D eigenvalue weighted by Gasteiger charge is 2.38. The third kappa shape index (κ3) is 4.49. The molecule has 4 nitrogen and oxygen atoms in total. The number of thiophene rings is 1. The quantitative estimate of drug-likeness (QED) is 0.656. The van der Waals surface area contributed by atoms with Gasteiger partial charge in [0.05, 0.1) is 29.1 Å². The van der Waals surface area contributed by atoms with E-state index in [0.717, 1.165) is 15.8 Å². The van der Waals surface area contributed by atoms with Crippen molar-refractivity contribution in [3.8, 4) is 0 Å². The first-order valence-corrected chi connectivity index (χ1v) is 10.1. The Bertz CT molecular complexity index is 775. The van der Waals surface area contributed by atoms with Crippen LogP contribution in [0.2, 0.25) is 0 Å². The lowest BCUT2D eigenvalue weighted by molar-refractivity contribution is -0.115. The molecule has 3 heterocycles. The summed E-state index contributed by atoms with van der Waals surface area (Å²) < 4.78 is 22.4. The second kappa shape index (κ2) is 7.45. The van der Waals surface area contributed by atoms with Crippen molar-refractivity contribution >= 4 is 33.6 Å². The van der Waals surface area contributed by atoms with E-state index in [-0.39, 0.29) is 30.1 Å². The molecule has 138 valence electrons. The Hall–Kier alpha value is -0.790. The lowest BCUT2D eigenvalue weighted by Gasteiger charge is -2.26. The van der Waals surface area contributed by atoms with Crippen LogP contribution in [-0.4, -0.2) is 35.1 Å². The van der Waals surface area contributed by atoms with Gasteiger partial charge < -0.3 is 18.8 Å². The van der Waals surface area contributed by atoms with Gasteiger partial charge >= 0.3 is 0 Å². The third-order valence-corrected chi connectivity index (χ3v) is 5.64. The summed E-state index contributed by atoms with van der Waals surface area (Å²) in [4.78, 5) is 0. The smallest absolute Gasteiger partial charge is 0.137 e. The molecule has 0 saturated carbocycles. The molecule has 1 aliphatic heterocycles. The van der Waals surface area contributed by atoms with Gasteiger partial charge in [-0.1, -0.05) is 12.2 Å². The average molecular weight is 382 g/mol. The maximum Gasteiger partial charge on any atom is 0.137 e. The number of fused-ring (bicyclic) bond motifs is 1. The normalized spacial score (nSPS) is 24.5. The largest absolute Gasteiger partial charge is 0.373 e. The van der Waals surface area contributed by atoms with E-state index in [4.69, 9.17) is 26.4 Å². The molecule has 2 aromatic heterocycles. The maximum absolute atomic E-state index is 6.31. The van der Waals surface area contributed by atoms with Crippen LogP contribution in [0.3, 0.4) is 0 Å². The minimum absolute atomic E-state index is 0.00767. The fourth-order valence-corrected chi connectivity index (χ4v) is 4.31. The molecule has 0 radical (unpaired) electrons. The second-order valence-electron chi connectivity index (χ2n) is 7.74. The van der Waals surface area contributed by atoms with Crippen molar-refractivity contribution in [2.24, 2.45) is 0 Å². The summed E-state index contributed by atoms with van der Waals surface area (Å²) in [5, 5.41) is 3.26. The van der Waals surface area contributed by atoms with Crippen LogP contribution in [0.15, 0.2) is 23.7 Å². The summed E-state index contributed by atoms with van der Waals surface area (Å²) >= 11 is 7.37. The highest BCUT2D eigenvalue weighted by Crippen LogP contribution is 2.34. The Morgan fingerprint density at radius 3 is 2.80 bits per heavy atom. The summed E-state index contributed by atoms with van der Waals surface area (Å²) in [6.07, 6.45) is 2.76. The molecule has 0 bridgehead atoms. The number of hydrogen-bond acceptors (Lipinski definition) is 5. The minimum atomic E-state index is -0.198. The zero-order chi connectivity index (χ0) is 18.2. The predicted octanol–water partition coefficient (Wildman–Crippen LogP) is 5.33. The van der Waals surface area contributed by atoms with Gasteiger partial charge in [0.1, 0.15) is 17.0 Å². The van der Waals surface area contributed by atoms with Crippen molar-refractivity contribution in [3.05, 3.63) is 28.4 Å². The summed E-state index contributed by atoms with van der Waals surface area (Å²) in [6.45, 7) is 10.8. The molecule has 0 amide bonds. The van der Waals surface area contributed by atoms with Gasteiger partial charge in [0.2, 0.25) is 0 Å². The minimum Gasteiger partial charge on any atom is -0.373 e. The highest BCUT2D eigenvalue weighted by atomic mass is 32.1. The number of hydrogen-bond donors (Lipinski definition) is 0. The topological polar surface area (TPSA) is 32.6 Å². The highest BCUT2D eigenvalue weighted by molar-refractivity contribution is 7.71. The molecule has 0 N–H and O–H groups in total. The van der Waals surface area contributed by atoms with E-state index in [1.807, 2.05) is 6.20 Å². The number of nitrogens with zero attached hydrogens (tertiary/aromatic N) is 1. The first-order chi connectivity index (χ1) is 11.7. The summed E-state index contributed by atoms with van der Waals surface area (Å²) in [6, 6.07) is 4.20. The Balaban J connectivity index is 1.82. The summed E-state index contributed by atoms with van der Waals surface area (Å²) in [5.41, 5.74) is -0.198. The van der Waals surface area contributed by atoms with Gasteiger partial charge in [-0.25, -0.2) is 0 Å². The number of ether oxygens (including phenoxy) is 3. The fourth-order valence-electron chi connectivity index (χ4n) is 3.04. The van der Waals surface area contributed by atoms with Crippen LogP contribution < -0.4 is 0 Å². The third-order valence-electron chi connectivity index (χ3n) is 4.16. The van der Waals surface area contributed by atoms with Crippen LogP contribution in [0, 0.1) is 4.64 Å². The van der Waals surface area contributed by atoms with E-state index in [1.54, 1.807) is 11.3 Å². The molecule has 1 aliphatic rings. The standard InChI is InChI=1S/C19H27NO3S2/c1-12(2)22-14-10-16(23-15(14)11-21-19(3,4)5)20-8-6-13-7-9-25-17(13)18(20)24/h6-9,12,14-16H,10-11H2,1-5H3/t14?,15-,16+/m1/s1. The Morgan fingerprint density at radius 1 is 1.36 bits per heavy atom. The van der Waals surface area contributed by atoms with Gasteiger partial charge in [-0.3, -0.25) is 0 Å². The molecule has 0 aromatic carbocycles. The molecule has 2 aromatic rings. The molecule has 1 unspecified atom stereocenters.